The van der Waals surface area contributed by atoms with Crippen LogP contribution in [-0.4, -0.2) is 57.6 Å². The van der Waals surface area contributed by atoms with E-state index in [1.165, 1.54) is 17.8 Å². The third-order valence-electron chi connectivity index (χ3n) is 5.16. The number of para-hydroxylation sites is 1. The molecule has 2 aromatic carbocycles. The fraction of sp³-hybridized carbons (Fsp3) is 0.261. The van der Waals surface area contributed by atoms with Crippen molar-refractivity contribution in [3.8, 4) is 11.5 Å². The Kier molecular flexibility index (Phi) is 6.34. The van der Waals surface area contributed by atoms with Gasteiger partial charge >= 0.3 is 6.03 Å². The normalized spacial score (nSPS) is 14.5. The van der Waals surface area contributed by atoms with Gasteiger partial charge in [-0.25, -0.2) is 4.79 Å². The Balaban J connectivity index is 1.33. The average Bonchev–Trinajstić information content (AvgIpc) is 3.27. The molecule has 0 bridgehead atoms. The number of aromatic nitrogens is 2. The summed E-state index contributed by atoms with van der Waals surface area (Å²) in [5.41, 5.74) is 1.42. The first-order valence-corrected chi connectivity index (χ1v) is 10.5. The number of ether oxygens (including phenoxy) is 1. The zero-order chi connectivity index (χ0) is 21.8. The molecule has 8 heteroatoms. The van der Waals surface area contributed by atoms with Crippen LogP contribution in [0.4, 0.5) is 4.79 Å². The van der Waals surface area contributed by atoms with Gasteiger partial charge in [0.2, 0.25) is 0 Å². The van der Waals surface area contributed by atoms with Gasteiger partial charge in [0.05, 0.1) is 5.02 Å². The smallest absolute Gasteiger partial charge is 0.344 e. The topological polar surface area (TPSA) is 67.7 Å². The van der Waals surface area contributed by atoms with E-state index in [0.717, 1.165) is 30.9 Å². The van der Waals surface area contributed by atoms with Crippen LogP contribution >= 0.6 is 11.6 Å². The van der Waals surface area contributed by atoms with Crippen LogP contribution in [0.15, 0.2) is 60.8 Å². The van der Waals surface area contributed by atoms with E-state index in [0.29, 0.717) is 29.6 Å². The third-order valence-corrected chi connectivity index (χ3v) is 5.47. The molecule has 0 atom stereocenters. The van der Waals surface area contributed by atoms with Gasteiger partial charge in [-0.15, -0.1) is 0 Å². The van der Waals surface area contributed by atoms with E-state index in [4.69, 9.17) is 16.3 Å². The number of benzene rings is 2. The molecule has 0 spiro atoms. The van der Waals surface area contributed by atoms with Crippen molar-refractivity contribution >= 4 is 23.4 Å². The minimum atomic E-state index is -0.206. The van der Waals surface area contributed by atoms with Crippen LogP contribution in [0, 0.1) is 0 Å². The molecule has 0 unspecified atom stereocenters. The van der Waals surface area contributed by atoms with E-state index in [1.807, 2.05) is 36.4 Å². The van der Waals surface area contributed by atoms with Crippen molar-refractivity contribution in [1.82, 2.24) is 19.6 Å². The van der Waals surface area contributed by atoms with Gasteiger partial charge in [0, 0.05) is 45.8 Å². The summed E-state index contributed by atoms with van der Waals surface area (Å²) in [5, 5.41) is 4.63. The van der Waals surface area contributed by atoms with Gasteiger partial charge in [0.15, 0.2) is 5.78 Å². The van der Waals surface area contributed by atoms with Crippen LogP contribution in [-0.2, 0) is 6.54 Å². The molecule has 0 aliphatic carbocycles. The van der Waals surface area contributed by atoms with Crippen LogP contribution in [0.25, 0.3) is 0 Å². The van der Waals surface area contributed by atoms with Crippen molar-refractivity contribution < 1.29 is 14.3 Å². The lowest BCUT2D eigenvalue weighted by molar-refractivity contribution is 0.101. The van der Waals surface area contributed by atoms with Crippen LogP contribution in [0.3, 0.4) is 0 Å². The number of ketones is 1. The summed E-state index contributed by atoms with van der Waals surface area (Å²) in [4.78, 5) is 28.1. The van der Waals surface area contributed by atoms with Crippen molar-refractivity contribution in [1.29, 1.82) is 0 Å². The van der Waals surface area contributed by atoms with Gasteiger partial charge in [-0.05, 0) is 35.9 Å². The predicted octanol–water partition coefficient (Wildman–Crippen LogP) is 4.32. The van der Waals surface area contributed by atoms with Gasteiger partial charge in [0.1, 0.15) is 17.2 Å². The van der Waals surface area contributed by atoms with E-state index >= 15 is 0 Å². The predicted molar refractivity (Wildman–Crippen MR) is 118 cm³/mol. The molecule has 0 N–H and O–H groups in total. The van der Waals surface area contributed by atoms with E-state index in [1.54, 1.807) is 17.0 Å². The Bertz CT molecular complexity index is 1090. The third kappa shape index (κ3) is 5.13. The molecule has 1 saturated heterocycles. The summed E-state index contributed by atoms with van der Waals surface area (Å²) in [7, 11) is 0. The Morgan fingerprint density at radius 1 is 1.03 bits per heavy atom. The Morgan fingerprint density at radius 3 is 2.52 bits per heavy atom. The van der Waals surface area contributed by atoms with Crippen LogP contribution in [0.1, 0.15) is 23.0 Å². The van der Waals surface area contributed by atoms with Crippen LogP contribution in [0.5, 0.6) is 11.5 Å². The fourth-order valence-electron chi connectivity index (χ4n) is 3.48. The Labute approximate surface area is 185 Å². The Morgan fingerprint density at radius 2 is 1.81 bits per heavy atom. The summed E-state index contributed by atoms with van der Waals surface area (Å²) < 4.78 is 7.16. The van der Waals surface area contributed by atoms with Gasteiger partial charge in [-0.2, -0.15) is 9.78 Å². The summed E-state index contributed by atoms with van der Waals surface area (Å²) in [6.07, 6.45) is 1.54. The molecule has 4 rings (SSSR count). The molecule has 2 heterocycles. The maximum absolute atomic E-state index is 12.6. The quantitative estimate of drug-likeness (QED) is 0.555. The molecule has 160 valence electrons. The highest BCUT2D eigenvalue weighted by Gasteiger charge is 2.23. The monoisotopic (exact) mass is 438 g/mol. The molecule has 1 aliphatic rings. The first-order valence-electron chi connectivity index (χ1n) is 10.1. The standard InChI is InChI=1S/C23H23ClN4O3/c1-17(29)21-9-10-28(25-21)23(30)27-13-11-26(12-14-27)16-18-5-4-6-19(15-18)31-22-8-3-2-7-20(22)24/h2-10,15H,11-14,16H2,1H3. The molecule has 1 fully saturated rings. The minimum Gasteiger partial charge on any atom is -0.456 e. The molecule has 1 aliphatic heterocycles. The number of hydrogen-bond donors (Lipinski definition) is 0. The van der Waals surface area contributed by atoms with Gasteiger partial charge in [-0.1, -0.05) is 35.9 Å². The number of rotatable bonds is 5. The molecular weight excluding hydrogens is 416 g/mol. The van der Waals surface area contributed by atoms with Crippen LogP contribution in [0.2, 0.25) is 5.02 Å². The summed E-state index contributed by atoms with van der Waals surface area (Å²) >= 11 is 6.18. The second-order valence-electron chi connectivity index (χ2n) is 7.43. The van der Waals surface area contributed by atoms with Gasteiger partial charge in [-0.3, -0.25) is 9.69 Å². The first kappa shape index (κ1) is 21.1. The second kappa shape index (κ2) is 9.32. The minimum absolute atomic E-state index is 0.155. The number of carbonyl (C=O) groups is 2. The lowest BCUT2D eigenvalue weighted by Crippen LogP contribution is -2.49. The maximum atomic E-state index is 12.6. The molecule has 1 amide bonds. The molecule has 1 aromatic heterocycles. The highest BCUT2D eigenvalue weighted by molar-refractivity contribution is 6.32. The lowest BCUT2D eigenvalue weighted by Gasteiger charge is -2.34. The molecular formula is C23H23ClN4O3. The molecule has 3 aromatic rings. The zero-order valence-corrected chi connectivity index (χ0v) is 18.0. The number of nitrogens with zero attached hydrogens (tertiary/aromatic N) is 4. The van der Waals surface area contributed by atoms with E-state index in [2.05, 4.69) is 16.1 Å². The largest absolute Gasteiger partial charge is 0.456 e. The molecule has 0 saturated carbocycles. The van der Waals surface area contributed by atoms with E-state index < -0.39 is 0 Å². The van der Waals surface area contributed by atoms with Crippen molar-refractivity contribution in [3.63, 3.8) is 0 Å². The van der Waals surface area contributed by atoms with Crippen molar-refractivity contribution in [2.24, 2.45) is 0 Å². The number of amides is 1. The number of carbonyl (C=O) groups excluding carboxylic acids is 2. The maximum Gasteiger partial charge on any atom is 0.344 e. The molecule has 0 radical (unpaired) electrons. The van der Waals surface area contributed by atoms with E-state index in [9.17, 15) is 9.59 Å². The number of hydrogen-bond acceptors (Lipinski definition) is 5. The highest BCUT2D eigenvalue weighted by Crippen LogP contribution is 2.29. The number of Topliss-reactive ketones (excluding diaryl/α,β-unsaturated/α-hetero) is 1. The van der Waals surface area contributed by atoms with Crippen molar-refractivity contribution in [2.45, 2.75) is 13.5 Å². The number of piperazine rings is 1. The summed E-state index contributed by atoms with van der Waals surface area (Å²) in [6.45, 7) is 4.90. The second-order valence-corrected chi connectivity index (χ2v) is 7.83. The zero-order valence-electron chi connectivity index (χ0n) is 17.2. The average molecular weight is 439 g/mol. The first-order chi connectivity index (χ1) is 15.0. The van der Waals surface area contributed by atoms with Crippen molar-refractivity contribution in [2.75, 3.05) is 26.2 Å². The fourth-order valence-corrected chi connectivity index (χ4v) is 3.65. The molecule has 31 heavy (non-hydrogen) atoms. The highest BCUT2D eigenvalue weighted by atomic mass is 35.5. The van der Waals surface area contributed by atoms with Crippen molar-refractivity contribution in [3.05, 3.63) is 77.1 Å². The molecule has 7 nitrogen and oxygen atoms in total. The van der Waals surface area contributed by atoms with E-state index in [-0.39, 0.29) is 11.8 Å². The summed E-state index contributed by atoms with van der Waals surface area (Å²) in [5.74, 6) is 1.21. The SMILES string of the molecule is CC(=O)c1ccn(C(=O)N2CCN(Cc3cccc(Oc4ccccc4Cl)c3)CC2)n1. The number of halogens is 1. The summed E-state index contributed by atoms with van der Waals surface area (Å²) in [6, 6.07) is 16.7. The van der Waals surface area contributed by atoms with Gasteiger partial charge < -0.3 is 9.64 Å². The van der Waals surface area contributed by atoms with Gasteiger partial charge in [0.25, 0.3) is 0 Å². The Hall–Kier alpha value is -3.16. The lowest BCUT2D eigenvalue weighted by atomic mass is 10.2. The van der Waals surface area contributed by atoms with Crippen LogP contribution < -0.4 is 4.74 Å².